The van der Waals surface area contributed by atoms with Gasteiger partial charge in [-0.05, 0) is 38.3 Å². The molecule has 0 aliphatic carbocycles. The van der Waals surface area contributed by atoms with Crippen molar-refractivity contribution in [1.82, 2.24) is 9.71 Å². The number of halogens is 1. The van der Waals surface area contributed by atoms with Crippen molar-refractivity contribution < 1.29 is 18.8 Å². The number of hydrogen-bond acceptors (Lipinski definition) is 5. The highest BCUT2D eigenvalue weighted by molar-refractivity contribution is 5.92. The molecule has 3 rings (SSSR count). The number of ether oxygens (including phenoxy) is 1. The molecule has 2 aromatic rings. The van der Waals surface area contributed by atoms with Crippen LogP contribution < -0.4 is 16.1 Å². The summed E-state index contributed by atoms with van der Waals surface area (Å²) in [6, 6.07) is 2.57. The molecule has 7 nitrogen and oxygen atoms in total. The highest BCUT2D eigenvalue weighted by Crippen LogP contribution is 2.33. The van der Waals surface area contributed by atoms with Crippen LogP contribution in [-0.4, -0.2) is 28.8 Å². The maximum atomic E-state index is 14.5. The number of nitrogens with zero attached hydrogens (tertiary/aromatic N) is 2. The first-order valence-corrected chi connectivity index (χ1v) is 7.84. The number of aromatic nitrogens is 2. The van der Waals surface area contributed by atoms with Crippen molar-refractivity contribution in [3.63, 3.8) is 0 Å². The van der Waals surface area contributed by atoms with Crippen LogP contribution in [0.5, 0.6) is 0 Å². The average Bonchev–Trinajstić information content (AvgIpc) is 2.58. The summed E-state index contributed by atoms with van der Waals surface area (Å²) >= 11 is 0. The number of hydrogen-bond donors (Lipinski definition) is 1. The van der Waals surface area contributed by atoms with Crippen LogP contribution in [-0.2, 0) is 4.74 Å². The Bertz CT molecular complexity index is 843. The number of fused-ring (bicyclic) bond motifs is 1. The van der Waals surface area contributed by atoms with Crippen LogP contribution in [0.15, 0.2) is 16.9 Å². The molecule has 1 amide bonds. The number of carbonyl (C=O) groups is 1. The molecule has 8 heteroatoms. The van der Waals surface area contributed by atoms with Crippen molar-refractivity contribution in [2.24, 2.45) is 5.73 Å². The predicted molar refractivity (Wildman–Crippen MR) is 84.1 cm³/mol. The lowest BCUT2D eigenvalue weighted by Gasteiger charge is -2.24. The third-order valence-electron chi connectivity index (χ3n) is 3.97. The minimum absolute atomic E-state index is 0.0559. The Morgan fingerprint density at radius 3 is 2.92 bits per heavy atom. The molecule has 1 fully saturated rings. The highest BCUT2D eigenvalue weighted by atomic mass is 19.1. The largest absolute Gasteiger partial charge is 0.409 e. The predicted octanol–water partition coefficient (Wildman–Crippen LogP) is 1.32. The molecule has 128 valence electrons. The van der Waals surface area contributed by atoms with E-state index in [0.717, 1.165) is 17.6 Å². The molecule has 0 bridgehead atoms. The summed E-state index contributed by atoms with van der Waals surface area (Å²) in [6.07, 6.45) is 1.87. The van der Waals surface area contributed by atoms with E-state index in [9.17, 15) is 14.0 Å². The molecule has 0 spiro atoms. The fraction of sp³-hybridized carbons (Fsp3) is 0.438. The van der Waals surface area contributed by atoms with E-state index < -0.39 is 23.4 Å². The minimum atomic E-state index is -0.901. The number of carbonyl (C=O) groups excluding carboxylic acids is 1. The second kappa shape index (κ2) is 6.56. The van der Waals surface area contributed by atoms with E-state index >= 15 is 0 Å². The van der Waals surface area contributed by atoms with Crippen LogP contribution in [0.4, 0.5) is 4.39 Å². The first-order valence-electron chi connectivity index (χ1n) is 7.84. The summed E-state index contributed by atoms with van der Waals surface area (Å²) in [7, 11) is 0. The van der Waals surface area contributed by atoms with Crippen molar-refractivity contribution in [2.75, 3.05) is 13.2 Å². The van der Waals surface area contributed by atoms with Crippen LogP contribution in [0.1, 0.15) is 48.5 Å². The number of nitrogens with two attached hydrogens (primary N) is 1. The summed E-state index contributed by atoms with van der Waals surface area (Å²) in [5.74, 6) is -1.76. The van der Waals surface area contributed by atoms with Gasteiger partial charge in [-0.3, -0.25) is 9.59 Å². The second-order valence-corrected chi connectivity index (χ2v) is 5.53. The molecule has 1 aliphatic heterocycles. The maximum Gasteiger partial charge on any atom is 0.295 e. The van der Waals surface area contributed by atoms with Crippen molar-refractivity contribution in [2.45, 2.75) is 32.3 Å². The molecule has 1 aromatic heterocycles. The average molecular weight is 335 g/mol. The highest BCUT2D eigenvalue weighted by Gasteiger charge is 2.26. The molecule has 1 aliphatic rings. The lowest BCUT2D eigenvalue weighted by molar-refractivity contribution is 0.0137. The van der Waals surface area contributed by atoms with Crippen molar-refractivity contribution >= 4 is 16.8 Å². The van der Waals surface area contributed by atoms with Gasteiger partial charge in [-0.2, -0.15) is 0 Å². The lowest BCUT2D eigenvalue weighted by atomic mass is 9.97. The van der Waals surface area contributed by atoms with Gasteiger partial charge >= 0.3 is 0 Å². The van der Waals surface area contributed by atoms with E-state index in [-0.39, 0.29) is 28.9 Å². The Labute approximate surface area is 137 Å². The van der Waals surface area contributed by atoms with Gasteiger partial charge in [0.05, 0.1) is 17.0 Å². The Morgan fingerprint density at radius 1 is 1.50 bits per heavy atom. The Morgan fingerprint density at radius 2 is 2.29 bits per heavy atom. The van der Waals surface area contributed by atoms with Crippen LogP contribution in [0.3, 0.4) is 0 Å². The normalized spacial score (nSPS) is 17.8. The van der Waals surface area contributed by atoms with E-state index in [2.05, 4.69) is 4.98 Å². The summed E-state index contributed by atoms with van der Waals surface area (Å²) < 4.78 is 20.8. The molecule has 1 atom stereocenters. The van der Waals surface area contributed by atoms with Gasteiger partial charge in [0.25, 0.3) is 11.5 Å². The number of rotatable bonds is 4. The van der Waals surface area contributed by atoms with Crippen LogP contribution >= 0.6 is 0 Å². The van der Waals surface area contributed by atoms with E-state index in [1.807, 2.05) is 0 Å². The van der Waals surface area contributed by atoms with Crippen molar-refractivity contribution in [1.29, 1.82) is 0 Å². The van der Waals surface area contributed by atoms with Gasteiger partial charge in [-0.1, -0.05) is 0 Å². The molecule has 2 heterocycles. The molecule has 2 N–H and O–H groups in total. The molecular weight excluding hydrogens is 317 g/mol. The Hall–Kier alpha value is -2.48. The molecule has 24 heavy (non-hydrogen) atoms. The van der Waals surface area contributed by atoms with Crippen molar-refractivity contribution in [3.8, 4) is 0 Å². The topological polar surface area (TPSA) is 96.4 Å². The number of primary amides is 1. The van der Waals surface area contributed by atoms with Gasteiger partial charge in [-0.15, -0.1) is 4.73 Å². The third kappa shape index (κ3) is 2.73. The van der Waals surface area contributed by atoms with Gasteiger partial charge in [0.1, 0.15) is 12.4 Å². The Balaban J connectivity index is 2.32. The monoisotopic (exact) mass is 335 g/mol. The molecule has 1 aromatic carbocycles. The van der Waals surface area contributed by atoms with E-state index in [0.29, 0.717) is 13.0 Å². The van der Waals surface area contributed by atoms with Gasteiger partial charge in [0, 0.05) is 12.2 Å². The number of amides is 1. The fourth-order valence-electron chi connectivity index (χ4n) is 2.94. The minimum Gasteiger partial charge on any atom is -0.409 e. The molecule has 1 saturated heterocycles. The van der Waals surface area contributed by atoms with Crippen LogP contribution in [0, 0.1) is 5.82 Å². The lowest BCUT2D eigenvalue weighted by Crippen LogP contribution is -2.36. The molecule has 1 unspecified atom stereocenters. The van der Waals surface area contributed by atoms with Gasteiger partial charge in [0.15, 0.2) is 0 Å². The zero-order chi connectivity index (χ0) is 17.3. The van der Waals surface area contributed by atoms with E-state index in [4.69, 9.17) is 15.3 Å². The SMILES string of the molecule is CCOn1c(C(N)=O)nc2ccc(F)c(C3CCCCO3)c2c1=O. The zero-order valence-electron chi connectivity index (χ0n) is 13.3. The standard InChI is InChI=1S/C16H18FN3O4/c1-2-24-20-15(14(18)21)19-10-7-6-9(17)12(13(10)16(20)22)11-5-3-4-8-23-11/h6-7,11H,2-5,8H2,1H3,(H2,18,21). The summed E-state index contributed by atoms with van der Waals surface area (Å²) in [5.41, 5.74) is 4.96. The first-order chi connectivity index (χ1) is 11.5. The third-order valence-corrected chi connectivity index (χ3v) is 3.97. The number of benzene rings is 1. The first kappa shape index (κ1) is 16.4. The van der Waals surface area contributed by atoms with E-state index in [1.54, 1.807) is 6.92 Å². The zero-order valence-corrected chi connectivity index (χ0v) is 13.3. The van der Waals surface area contributed by atoms with Crippen LogP contribution in [0.2, 0.25) is 0 Å². The van der Waals surface area contributed by atoms with Gasteiger partial charge < -0.3 is 15.3 Å². The second-order valence-electron chi connectivity index (χ2n) is 5.53. The summed E-state index contributed by atoms with van der Waals surface area (Å²) in [6.45, 7) is 2.28. The van der Waals surface area contributed by atoms with Crippen LogP contribution in [0.25, 0.3) is 10.9 Å². The molecular formula is C16H18FN3O4. The maximum absolute atomic E-state index is 14.5. The summed E-state index contributed by atoms with van der Waals surface area (Å²) in [4.78, 5) is 33.7. The molecule has 0 radical (unpaired) electrons. The summed E-state index contributed by atoms with van der Waals surface area (Å²) in [5, 5.41) is 0.0559. The van der Waals surface area contributed by atoms with Crippen molar-refractivity contribution in [3.05, 3.63) is 39.7 Å². The molecule has 0 saturated carbocycles. The Kier molecular flexibility index (Phi) is 4.48. The van der Waals surface area contributed by atoms with E-state index in [1.165, 1.54) is 12.1 Å². The quantitative estimate of drug-likeness (QED) is 0.909. The fourth-order valence-corrected chi connectivity index (χ4v) is 2.94. The van der Waals surface area contributed by atoms with Gasteiger partial charge in [-0.25, -0.2) is 9.37 Å². The smallest absolute Gasteiger partial charge is 0.295 e. The van der Waals surface area contributed by atoms with Gasteiger partial charge in [0.2, 0.25) is 5.82 Å².